The van der Waals surface area contributed by atoms with E-state index in [2.05, 4.69) is 20.6 Å². The molecule has 0 aliphatic rings. The molecule has 2 aromatic rings. The standard InChI is InChI=1S/C13H16N4O/c1-14-12-7-15-8-13(17-12)16-11-5-3-10(4-6-11)9-18-2/h3-8H,9H2,1-2H3,(H2,14,16,17). The van der Waals surface area contributed by atoms with E-state index in [1.807, 2.05) is 31.3 Å². The van der Waals surface area contributed by atoms with Crippen LogP contribution in [0.15, 0.2) is 36.7 Å². The van der Waals surface area contributed by atoms with Gasteiger partial charge in [0.05, 0.1) is 19.0 Å². The number of nitrogens with one attached hydrogen (secondary N) is 2. The first-order chi connectivity index (χ1) is 8.81. The number of hydrogen-bond donors (Lipinski definition) is 2. The molecule has 0 aliphatic carbocycles. The number of ether oxygens (including phenoxy) is 1. The molecule has 94 valence electrons. The van der Waals surface area contributed by atoms with Crippen LogP contribution in [-0.4, -0.2) is 24.1 Å². The molecule has 0 aliphatic heterocycles. The van der Waals surface area contributed by atoms with E-state index in [0.29, 0.717) is 12.4 Å². The molecule has 1 aromatic heterocycles. The zero-order valence-electron chi connectivity index (χ0n) is 10.5. The average molecular weight is 244 g/mol. The second kappa shape index (κ2) is 5.97. The van der Waals surface area contributed by atoms with E-state index in [4.69, 9.17) is 4.74 Å². The van der Waals surface area contributed by atoms with E-state index in [-0.39, 0.29) is 0 Å². The number of methoxy groups -OCH3 is 1. The Balaban J connectivity index is 2.08. The van der Waals surface area contributed by atoms with Crippen LogP contribution in [-0.2, 0) is 11.3 Å². The van der Waals surface area contributed by atoms with Gasteiger partial charge in [-0.15, -0.1) is 0 Å². The second-order valence-electron chi connectivity index (χ2n) is 3.79. The van der Waals surface area contributed by atoms with Crippen LogP contribution in [0.25, 0.3) is 0 Å². The van der Waals surface area contributed by atoms with Crippen molar-refractivity contribution in [2.24, 2.45) is 0 Å². The Kier molecular flexibility index (Phi) is 4.09. The van der Waals surface area contributed by atoms with Crippen molar-refractivity contribution >= 4 is 17.3 Å². The van der Waals surface area contributed by atoms with E-state index in [9.17, 15) is 0 Å². The maximum atomic E-state index is 5.07. The Hall–Kier alpha value is -2.14. The van der Waals surface area contributed by atoms with Gasteiger partial charge in [0.25, 0.3) is 0 Å². The number of benzene rings is 1. The third kappa shape index (κ3) is 3.18. The van der Waals surface area contributed by atoms with Gasteiger partial charge in [0, 0.05) is 19.8 Å². The average Bonchev–Trinajstić information content (AvgIpc) is 2.42. The number of hydrogen-bond acceptors (Lipinski definition) is 5. The lowest BCUT2D eigenvalue weighted by molar-refractivity contribution is 0.185. The minimum atomic E-state index is 0.620. The highest BCUT2D eigenvalue weighted by molar-refractivity contribution is 5.57. The van der Waals surface area contributed by atoms with Crippen LogP contribution in [0.4, 0.5) is 17.3 Å². The fourth-order valence-corrected chi connectivity index (χ4v) is 1.55. The Bertz CT molecular complexity index is 499. The molecular weight excluding hydrogens is 228 g/mol. The Labute approximate surface area is 106 Å². The summed E-state index contributed by atoms with van der Waals surface area (Å²) in [6.45, 7) is 0.620. The van der Waals surface area contributed by atoms with Crippen LogP contribution in [0.1, 0.15) is 5.56 Å². The van der Waals surface area contributed by atoms with Crippen molar-refractivity contribution in [2.75, 3.05) is 24.8 Å². The zero-order valence-corrected chi connectivity index (χ0v) is 10.5. The first-order valence-corrected chi connectivity index (χ1v) is 5.66. The predicted octanol–water partition coefficient (Wildman–Crippen LogP) is 2.41. The quantitative estimate of drug-likeness (QED) is 0.845. The molecule has 0 unspecified atom stereocenters. The second-order valence-corrected chi connectivity index (χ2v) is 3.79. The topological polar surface area (TPSA) is 59.1 Å². The van der Waals surface area contributed by atoms with Crippen molar-refractivity contribution in [3.63, 3.8) is 0 Å². The van der Waals surface area contributed by atoms with E-state index in [0.717, 1.165) is 17.1 Å². The van der Waals surface area contributed by atoms with Crippen LogP contribution in [0.2, 0.25) is 0 Å². The molecule has 0 amide bonds. The van der Waals surface area contributed by atoms with Crippen molar-refractivity contribution in [2.45, 2.75) is 6.61 Å². The molecule has 2 N–H and O–H groups in total. The molecule has 0 saturated heterocycles. The molecule has 0 radical (unpaired) electrons. The molecular formula is C13H16N4O. The summed E-state index contributed by atoms with van der Waals surface area (Å²) in [6, 6.07) is 8.01. The molecule has 0 saturated carbocycles. The monoisotopic (exact) mass is 244 g/mol. The summed E-state index contributed by atoms with van der Waals surface area (Å²) in [5, 5.41) is 6.14. The molecule has 0 atom stereocenters. The van der Waals surface area contributed by atoms with E-state index in [1.165, 1.54) is 0 Å². The summed E-state index contributed by atoms with van der Waals surface area (Å²) in [5.74, 6) is 1.44. The van der Waals surface area contributed by atoms with E-state index in [1.54, 1.807) is 19.5 Å². The first kappa shape index (κ1) is 12.3. The molecule has 0 spiro atoms. The van der Waals surface area contributed by atoms with Crippen molar-refractivity contribution in [1.82, 2.24) is 9.97 Å². The van der Waals surface area contributed by atoms with Crippen LogP contribution >= 0.6 is 0 Å². The number of anilines is 3. The zero-order chi connectivity index (χ0) is 12.8. The van der Waals surface area contributed by atoms with Crippen molar-refractivity contribution in [3.8, 4) is 0 Å². The number of nitrogens with zero attached hydrogens (tertiary/aromatic N) is 2. The molecule has 1 heterocycles. The van der Waals surface area contributed by atoms with Crippen molar-refractivity contribution in [3.05, 3.63) is 42.2 Å². The van der Waals surface area contributed by atoms with Crippen molar-refractivity contribution in [1.29, 1.82) is 0 Å². The van der Waals surface area contributed by atoms with Crippen LogP contribution in [0.5, 0.6) is 0 Å². The first-order valence-electron chi connectivity index (χ1n) is 5.66. The fraction of sp³-hybridized carbons (Fsp3) is 0.231. The van der Waals surface area contributed by atoms with Gasteiger partial charge < -0.3 is 15.4 Å². The van der Waals surface area contributed by atoms with Gasteiger partial charge in [0.1, 0.15) is 5.82 Å². The van der Waals surface area contributed by atoms with Gasteiger partial charge in [0.2, 0.25) is 0 Å². The highest BCUT2D eigenvalue weighted by Gasteiger charge is 1.98. The Morgan fingerprint density at radius 3 is 2.50 bits per heavy atom. The van der Waals surface area contributed by atoms with Gasteiger partial charge in [-0.2, -0.15) is 0 Å². The predicted molar refractivity (Wildman–Crippen MR) is 72.0 cm³/mol. The van der Waals surface area contributed by atoms with E-state index >= 15 is 0 Å². The lowest BCUT2D eigenvalue weighted by Crippen LogP contribution is -1.99. The molecule has 0 fully saturated rings. The minimum absolute atomic E-state index is 0.620. The van der Waals surface area contributed by atoms with Crippen LogP contribution in [0, 0.1) is 0 Å². The summed E-state index contributed by atoms with van der Waals surface area (Å²) < 4.78 is 5.07. The van der Waals surface area contributed by atoms with Gasteiger partial charge in [-0.3, -0.25) is 4.98 Å². The molecule has 2 rings (SSSR count). The van der Waals surface area contributed by atoms with E-state index < -0.39 is 0 Å². The summed E-state index contributed by atoms with van der Waals surface area (Å²) in [5.41, 5.74) is 2.11. The molecule has 0 bridgehead atoms. The number of aromatic nitrogens is 2. The summed E-state index contributed by atoms with van der Waals surface area (Å²) in [6.07, 6.45) is 3.36. The van der Waals surface area contributed by atoms with Crippen LogP contribution < -0.4 is 10.6 Å². The van der Waals surface area contributed by atoms with Gasteiger partial charge in [0.15, 0.2) is 5.82 Å². The smallest absolute Gasteiger partial charge is 0.151 e. The van der Waals surface area contributed by atoms with Gasteiger partial charge in [-0.1, -0.05) is 12.1 Å². The summed E-state index contributed by atoms with van der Waals surface area (Å²) in [7, 11) is 3.50. The normalized spacial score (nSPS) is 10.1. The molecule has 5 nitrogen and oxygen atoms in total. The Morgan fingerprint density at radius 1 is 1.11 bits per heavy atom. The highest BCUT2D eigenvalue weighted by atomic mass is 16.5. The van der Waals surface area contributed by atoms with Gasteiger partial charge in [-0.05, 0) is 17.7 Å². The van der Waals surface area contributed by atoms with Gasteiger partial charge in [-0.25, -0.2) is 4.98 Å². The third-order valence-electron chi connectivity index (χ3n) is 2.43. The minimum Gasteiger partial charge on any atom is -0.380 e. The maximum Gasteiger partial charge on any atom is 0.151 e. The largest absolute Gasteiger partial charge is 0.380 e. The fourth-order valence-electron chi connectivity index (χ4n) is 1.55. The van der Waals surface area contributed by atoms with Crippen LogP contribution in [0.3, 0.4) is 0 Å². The molecule has 18 heavy (non-hydrogen) atoms. The summed E-state index contributed by atoms with van der Waals surface area (Å²) in [4.78, 5) is 8.43. The Morgan fingerprint density at radius 2 is 1.83 bits per heavy atom. The molecule has 5 heteroatoms. The molecule has 1 aromatic carbocycles. The highest BCUT2D eigenvalue weighted by Crippen LogP contribution is 2.16. The lowest BCUT2D eigenvalue weighted by atomic mass is 10.2. The SMILES string of the molecule is CNc1cncc(Nc2ccc(COC)cc2)n1. The number of rotatable bonds is 5. The van der Waals surface area contributed by atoms with Gasteiger partial charge >= 0.3 is 0 Å². The maximum absolute atomic E-state index is 5.07. The van der Waals surface area contributed by atoms with Crippen molar-refractivity contribution < 1.29 is 4.74 Å². The third-order valence-corrected chi connectivity index (χ3v) is 2.43. The summed E-state index contributed by atoms with van der Waals surface area (Å²) >= 11 is 0. The lowest BCUT2D eigenvalue weighted by Gasteiger charge is -2.07.